The first-order valence-corrected chi connectivity index (χ1v) is 8.72. The first-order chi connectivity index (χ1) is 10.6. The van der Waals surface area contributed by atoms with Crippen molar-refractivity contribution >= 4 is 17.5 Å². The van der Waals surface area contributed by atoms with E-state index in [1.165, 1.54) is 5.70 Å². The molecular weight excluding hydrogens is 298 g/mol. The van der Waals surface area contributed by atoms with Crippen LogP contribution in [0.4, 0.5) is 0 Å². The largest absolute Gasteiger partial charge is 0.492 e. The van der Waals surface area contributed by atoms with Crippen molar-refractivity contribution in [3.05, 3.63) is 35.1 Å². The van der Waals surface area contributed by atoms with Gasteiger partial charge in [-0.1, -0.05) is 12.2 Å². The zero-order valence-electron chi connectivity index (χ0n) is 13.6. The first-order valence-electron chi connectivity index (χ1n) is 7.78. The molecule has 2 aliphatic heterocycles. The molecule has 0 N–H and O–H groups in total. The van der Waals surface area contributed by atoms with E-state index in [-0.39, 0.29) is 17.1 Å². The molecule has 1 unspecified atom stereocenters. The van der Waals surface area contributed by atoms with Crippen molar-refractivity contribution in [2.75, 3.05) is 26.8 Å². The number of thioether (sulfide) groups is 1. The summed E-state index contributed by atoms with van der Waals surface area (Å²) in [4.78, 5) is 14.5. The molecule has 0 fully saturated rings. The van der Waals surface area contributed by atoms with E-state index < -0.39 is 0 Å². The lowest BCUT2D eigenvalue weighted by molar-refractivity contribution is -0.117. The number of ether oxygens (including phenoxy) is 2. The Bertz CT molecular complexity index is 482. The van der Waals surface area contributed by atoms with Crippen molar-refractivity contribution in [3.63, 3.8) is 0 Å². The number of hydrogen-bond acceptors (Lipinski definition) is 5. The Labute approximate surface area is 137 Å². The van der Waals surface area contributed by atoms with Crippen molar-refractivity contribution in [3.8, 4) is 0 Å². The van der Waals surface area contributed by atoms with Gasteiger partial charge in [-0.2, -0.15) is 0 Å². The summed E-state index contributed by atoms with van der Waals surface area (Å²) in [5, 5.41) is 1.77. The standard InChI is InChI=1S/C17H25NO3S/c1-13(2)21-10-6-9-18-8-5-4-7-14(18)11-16-17(19)15(20-3)12-22-16/h4-5,7,12-13,16H,6,8-11H2,1-3H3. The number of methoxy groups -OCH3 is 1. The van der Waals surface area contributed by atoms with Crippen LogP contribution in [-0.4, -0.2) is 48.8 Å². The van der Waals surface area contributed by atoms with Gasteiger partial charge < -0.3 is 14.4 Å². The lowest BCUT2D eigenvalue weighted by Crippen LogP contribution is -2.30. The van der Waals surface area contributed by atoms with E-state index in [9.17, 15) is 4.79 Å². The molecule has 122 valence electrons. The Morgan fingerprint density at radius 1 is 1.45 bits per heavy atom. The molecule has 0 aliphatic carbocycles. The number of nitrogens with zero attached hydrogens (tertiary/aromatic N) is 1. The summed E-state index contributed by atoms with van der Waals surface area (Å²) in [6, 6.07) is 0. The summed E-state index contributed by atoms with van der Waals surface area (Å²) < 4.78 is 10.7. The number of carbonyl (C=O) groups is 1. The van der Waals surface area contributed by atoms with Crippen molar-refractivity contribution in [1.29, 1.82) is 0 Å². The molecule has 0 bridgehead atoms. The molecule has 0 amide bonds. The van der Waals surface area contributed by atoms with Crippen LogP contribution in [0.2, 0.25) is 0 Å². The molecule has 0 saturated carbocycles. The van der Waals surface area contributed by atoms with E-state index in [0.717, 1.165) is 32.5 Å². The van der Waals surface area contributed by atoms with Crippen LogP contribution in [0.15, 0.2) is 35.1 Å². The highest BCUT2D eigenvalue weighted by Crippen LogP contribution is 2.32. The molecule has 5 heteroatoms. The van der Waals surface area contributed by atoms with Gasteiger partial charge in [0.25, 0.3) is 0 Å². The van der Waals surface area contributed by atoms with Crippen LogP contribution in [-0.2, 0) is 14.3 Å². The highest BCUT2D eigenvalue weighted by Gasteiger charge is 2.30. The molecule has 0 aromatic rings. The third kappa shape index (κ3) is 4.65. The zero-order chi connectivity index (χ0) is 15.9. The van der Waals surface area contributed by atoms with Gasteiger partial charge in [0, 0.05) is 37.2 Å². The topological polar surface area (TPSA) is 38.8 Å². The second-order valence-corrected chi connectivity index (χ2v) is 6.76. The van der Waals surface area contributed by atoms with Gasteiger partial charge in [0.1, 0.15) is 0 Å². The van der Waals surface area contributed by atoms with Crippen LogP contribution >= 0.6 is 11.8 Å². The molecular formula is C17H25NO3S. The van der Waals surface area contributed by atoms with Gasteiger partial charge in [0.15, 0.2) is 5.76 Å². The number of carbonyl (C=O) groups excluding carboxylic acids is 1. The third-order valence-corrected chi connectivity index (χ3v) is 4.73. The summed E-state index contributed by atoms with van der Waals surface area (Å²) in [6.07, 6.45) is 8.37. The van der Waals surface area contributed by atoms with Gasteiger partial charge >= 0.3 is 0 Å². The summed E-state index contributed by atoms with van der Waals surface area (Å²) >= 11 is 1.56. The first kappa shape index (κ1) is 17.2. The molecule has 0 spiro atoms. The monoisotopic (exact) mass is 323 g/mol. The van der Waals surface area contributed by atoms with E-state index in [4.69, 9.17) is 9.47 Å². The second kappa shape index (κ2) is 8.44. The molecule has 0 saturated heterocycles. The van der Waals surface area contributed by atoms with Crippen LogP contribution in [0.5, 0.6) is 0 Å². The van der Waals surface area contributed by atoms with Crippen LogP contribution in [0.3, 0.4) is 0 Å². The Morgan fingerprint density at radius 3 is 2.95 bits per heavy atom. The maximum absolute atomic E-state index is 12.2. The molecule has 2 rings (SSSR count). The number of ketones is 1. The molecule has 2 heterocycles. The lowest BCUT2D eigenvalue weighted by atomic mass is 10.1. The van der Waals surface area contributed by atoms with Gasteiger partial charge in [-0.05, 0) is 26.3 Å². The smallest absolute Gasteiger partial charge is 0.211 e. The average molecular weight is 323 g/mol. The predicted molar refractivity (Wildman–Crippen MR) is 90.6 cm³/mol. The molecule has 1 atom stereocenters. The third-order valence-electron chi connectivity index (χ3n) is 3.67. The van der Waals surface area contributed by atoms with Gasteiger partial charge in [0.2, 0.25) is 5.78 Å². The van der Waals surface area contributed by atoms with E-state index in [1.807, 2.05) is 5.41 Å². The van der Waals surface area contributed by atoms with Crippen LogP contribution in [0.25, 0.3) is 0 Å². The minimum atomic E-state index is -0.0536. The minimum Gasteiger partial charge on any atom is -0.492 e. The summed E-state index contributed by atoms with van der Waals surface area (Å²) in [6.45, 7) is 6.75. The van der Waals surface area contributed by atoms with Crippen LogP contribution < -0.4 is 0 Å². The van der Waals surface area contributed by atoms with Crippen molar-refractivity contribution in [2.45, 2.75) is 38.0 Å². The van der Waals surface area contributed by atoms with Crippen molar-refractivity contribution in [2.24, 2.45) is 0 Å². The van der Waals surface area contributed by atoms with E-state index in [2.05, 4.69) is 37.0 Å². The fourth-order valence-corrected chi connectivity index (χ4v) is 3.51. The van der Waals surface area contributed by atoms with Crippen LogP contribution in [0.1, 0.15) is 26.7 Å². The van der Waals surface area contributed by atoms with Crippen LogP contribution in [0, 0.1) is 0 Å². The van der Waals surface area contributed by atoms with E-state index in [1.54, 1.807) is 18.9 Å². The summed E-state index contributed by atoms with van der Waals surface area (Å²) in [5.74, 6) is 0.588. The second-order valence-electron chi connectivity index (χ2n) is 5.68. The minimum absolute atomic E-state index is 0.0536. The van der Waals surface area contributed by atoms with E-state index in [0.29, 0.717) is 5.76 Å². The molecule has 4 nitrogen and oxygen atoms in total. The molecule has 2 aliphatic rings. The highest BCUT2D eigenvalue weighted by molar-refractivity contribution is 8.04. The van der Waals surface area contributed by atoms with Crippen molar-refractivity contribution < 1.29 is 14.3 Å². The fourth-order valence-electron chi connectivity index (χ4n) is 2.50. The zero-order valence-corrected chi connectivity index (χ0v) is 14.4. The predicted octanol–water partition coefficient (Wildman–Crippen LogP) is 3.12. The van der Waals surface area contributed by atoms with Gasteiger partial charge in [-0.25, -0.2) is 0 Å². The average Bonchev–Trinajstić information content (AvgIpc) is 2.85. The molecule has 0 aromatic carbocycles. The number of hydrogen-bond donors (Lipinski definition) is 0. The van der Waals surface area contributed by atoms with Gasteiger partial charge in [0.05, 0.1) is 18.5 Å². The summed E-state index contributed by atoms with van der Waals surface area (Å²) in [5.41, 5.74) is 1.23. The normalized spacial score (nSPS) is 21.4. The quantitative estimate of drug-likeness (QED) is 0.642. The SMILES string of the molecule is COC1=CSC(CC2=CC=CCN2CCCOC(C)C)C1=O. The molecule has 0 radical (unpaired) electrons. The number of allylic oxidation sites excluding steroid dienone is 4. The number of Topliss-reactive ketones (excluding diaryl/α,β-unsaturated/α-hetero) is 1. The Balaban J connectivity index is 1.84. The Hall–Kier alpha value is -1.20. The highest BCUT2D eigenvalue weighted by atomic mass is 32.2. The maximum atomic E-state index is 12.2. The van der Waals surface area contributed by atoms with Gasteiger partial charge in [-0.3, -0.25) is 4.79 Å². The Morgan fingerprint density at radius 2 is 2.27 bits per heavy atom. The molecule has 22 heavy (non-hydrogen) atoms. The Kier molecular flexibility index (Phi) is 6.58. The lowest BCUT2D eigenvalue weighted by Gasteiger charge is -2.29. The number of rotatable bonds is 8. The van der Waals surface area contributed by atoms with Crippen molar-refractivity contribution in [1.82, 2.24) is 4.90 Å². The maximum Gasteiger partial charge on any atom is 0.211 e. The van der Waals surface area contributed by atoms with E-state index >= 15 is 0 Å². The molecule has 0 aromatic heterocycles. The van der Waals surface area contributed by atoms with Gasteiger partial charge in [-0.15, -0.1) is 11.8 Å². The fraction of sp³-hybridized carbons (Fsp3) is 0.588. The summed E-state index contributed by atoms with van der Waals surface area (Å²) in [7, 11) is 1.55.